The van der Waals surface area contributed by atoms with E-state index >= 15 is 0 Å². The largest absolute Gasteiger partial charge is 0.369 e. The summed E-state index contributed by atoms with van der Waals surface area (Å²) in [6, 6.07) is 5.19. The zero-order valence-corrected chi connectivity index (χ0v) is 8.96. The molecule has 1 unspecified atom stereocenters. The predicted octanol–water partition coefficient (Wildman–Crippen LogP) is -0.209. The molecule has 1 aliphatic rings. The van der Waals surface area contributed by atoms with Gasteiger partial charge in [0, 0.05) is 19.2 Å². The molecule has 86 valence electrons. The summed E-state index contributed by atoms with van der Waals surface area (Å²) in [7, 11) is 0. The van der Waals surface area contributed by atoms with Gasteiger partial charge in [-0.05, 0) is 12.1 Å². The van der Waals surface area contributed by atoms with Gasteiger partial charge < -0.3 is 10.6 Å². The van der Waals surface area contributed by atoms with E-state index in [0.29, 0.717) is 5.69 Å². The molecule has 1 aliphatic heterocycles. The van der Waals surface area contributed by atoms with E-state index in [0.717, 1.165) is 0 Å². The van der Waals surface area contributed by atoms with Crippen LogP contribution < -0.4 is 10.6 Å². The standard InChI is InChI=1S/C11H10N4O2/c12-5-8-9(2-1-3-14-8)15-6-7(11(13)17)4-10(15)16/h1-3,7H,4,6H2,(H2,13,17). The average Bonchev–Trinajstić information content (AvgIpc) is 2.71. The second kappa shape index (κ2) is 4.22. The molecule has 0 saturated carbocycles. The lowest BCUT2D eigenvalue weighted by Crippen LogP contribution is -2.29. The summed E-state index contributed by atoms with van der Waals surface area (Å²) in [5.41, 5.74) is 5.78. The molecular weight excluding hydrogens is 220 g/mol. The first kappa shape index (κ1) is 11.1. The third-order valence-electron chi connectivity index (χ3n) is 2.71. The third-order valence-corrected chi connectivity index (χ3v) is 2.71. The van der Waals surface area contributed by atoms with Gasteiger partial charge in [0.2, 0.25) is 11.8 Å². The van der Waals surface area contributed by atoms with E-state index in [2.05, 4.69) is 4.98 Å². The highest BCUT2D eigenvalue weighted by molar-refractivity contribution is 6.00. The van der Waals surface area contributed by atoms with Crippen molar-refractivity contribution in [3.8, 4) is 6.07 Å². The smallest absolute Gasteiger partial charge is 0.227 e. The van der Waals surface area contributed by atoms with Crippen molar-refractivity contribution in [3.05, 3.63) is 24.0 Å². The Morgan fingerprint density at radius 1 is 1.65 bits per heavy atom. The number of rotatable bonds is 2. The number of primary amides is 1. The Hall–Kier alpha value is -2.42. The maximum atomic E-state index is 11.7. The lowest BCUT2D eigenvalue weighted by molar-refractivity contribution is -0.123. The van der Waals surface area contributed by atoms with E-state index in [1.54, 1.807) is 12.1 Å². The topological polar surface area (TPSA) is 100 Å². The van der Waals surface area contributed by atoms with E-state index in [-0.39, 0.29) is 24.6 Å². The minimum atomic E-state index is -0.497. The van der Waals surface area contributed by atoms with Crippen LogP contribution in [0.5, 0.6) is 0 Å². The summed E-state index contributed by atoms with van der Waals surface area (Å²) < 4.78 is 0. The highest BCUT2D eigenvalue weighted by atomic mass is 16.2. The van der Waals surface area contributed by atoms with E-state index in [4.69, 9.17) is 11.0 Å². The van der Waals surface area contributed by atoms with Gasteiger partial charge in [0.25, 0.3) is 0 Å². The molecule has 0 bridgehead atoms. The number of nitrogens with two attached hydrogens (primary N) is 1. The summed E-state index contributed by atoms with van der Waals surface area (Å²) in [4.78, 5) is 28.0. The number of nitrogens with zero attached hydrogens (tertiary/aromatic N) is 3. The van der Waals surface area contributed by atoms with Crippen molar-refractivity contribution in [2.75, 3.05) is 11.4 Å². The van der Waals surface area contributed by atoms with Gasteiger partial charge in [0.05, 0.1) is 11.6 Å². The molecule has 2 rings (SSSR count). The molecule has 17 heavy (non-hydrogen) atoms. The molecule has 2 amide bonds. The second-order valence-corrected chi connectivity index (χ2v) is 3.79. The van der Waals surface area contributed by atoms with Crippen LogP contribution in [0, 0.1) is 17.2 Å². The first-order valence-corrected chi connectivity index (χ1v) is 5.08. The fraction of sp³-hybridized carbons (Fsp3) is 0.273. The second-order valence-electron chi connectivity index (χ2n) is 3.79. The number of carbonyl (C=O) groups excluding carboxylic acids is 2. The molecule has 0 radical (unpaired) electrons. The van der Waals surface area contributed by atoms with Crippen LogP contribution >= 0.6 is 0 Å². The number of carbonyl (C=O) groups is 2. The van der Waals surface area contributed by atoms with Crippen molar-refractivity contribution in [1.82, 2.24) is 4.98 Å². The lowest BCUT2D eigenvalue weighted by Gasteiger charge is -2.16. The van der Waals surface area contributed by atoms with Crippen molar-refractivity contribution < 1.29 is 9.59 Å². The predicted molar refractivity (Wildman–Crippen MR) is 58.6 cm³/mol. The van der Waals surface area contributed by atoms with Crippen LogP contribution in [0.4, 0.5) is 5.69 Å². The third kappa shape index (κ3) is 1.95. The quantitative estimate of drug-likeness (QED) is 0.759. The molecule has 1 aromatic heterocycles. The van der Waals surface area contributed by atoms with Crippen LogP contribution in [0.1, 0.15) is 12.1 Å². The van der Waals surface area contributed by atoms with Crippen LogP contribution in [0.3, 0.4) is 0 Å². The van der Waals surface area contributed by atoms with E-state index in [1.807, 2.05) is 6.07 Å². The van der Waals surface area contributed by atoms with Crippen molar-refractivity contribution in [1.29, 1.82) is 5.26 Å². The van der Waals surface area contributed by atoms with E-state index in [1.165, 1.54) is 11.1 Å². The van der Waals surface area contributed by atoms with Crippen LogP contribution in [0.2, 0.25) is 0 Å². The number of hydrogen-bond donors (Lipinski definition) is 1. The highest BCUT2D eigenvalue weighted by Crippen LogP contribution is 2.26. The molecule has 1 fully saturated rings. The van der Waals surface area contributed by atoms with Gasteiger partial charge in [-0.3, -0.25) is 9.59 Å². The van der Waals surface area contributed by atoms with Crippen molar-refractivity contribution in [2.45, 2.75) is 6.42 Å². The number of anilines is 1. The zero-order chi connectivity index (χ0) is 12.4. The first-order chi connectivity index (χ1) is 8.13. The molecule has 6 nitrogen and oxygen atoms in total. The van der Waals surface area contributed by atoms with Gasteiger partial charge in [-0.1, -0.05) is 0 Å². The van der Waals surface area contributed by atoms with Gasteiger partial charge >= 0.3 is 0 Å². The Morgan fingerprint density at radius 2 is 2.41 bits per heavy atom. The van der Waals surface area contributed by atoms with Crippen LogP contribution in [0.15, 0.2) is 18.3 Å². The Balaban J connectivity index is 2.33. The molecule has 0 spiro atoms. The highest BCUT2D eigenvalue weighted by Gasteiger charge is 2.35. The first-order valence-electron chi connectivity index (χ1n) is 5.08. The fourth-order valence-electron chi connectivity index (χ4n) is 1.83. The normalized spacial score (nSPS) is 19.1. The molecule has 1 saturated heterocycles. The molecule has 0 aliphatic carbocycles. The molecule has 2 heterocycles. The SMILES string of the molecule is N#Cc1ncccc1N1CC(C(N)=O)CC1=O. The summed E-state index contributed by atoms with van der Waals surface area (Å²) in [6.45, 7) is 0.217. The number of pyridine rings is 1. The maximum absolute atomic E-state index is 11.7. The Labute approximate surface area is 97.7 Å². The van der Waals surface area contributed by atoms with Gasteiger partial charge in [-0.25, -0.2) is 4.98 Å². The fourth-order valence-corrected chi connectivity index (χ4v) is 1.83. The van der Waals surface area contributed by atoms with Crippen molar-refractivity contribution in [2.24, 2.45) is 11.7 Å². The number of nitriles is 1. The summed E-state index contributed by atoms with van der Waals surface area (Å²) in [5.74, 6) is -1.20. The van der Waals surface area contributed by atoms with Gasteiger partial charge in [0.1, 0.15) is 6.07 Å². The summed E-state index contributed by atoms with van der Waals surface area (Å²) in [5, 5.41) is 8.90. The van der Waals surface area contributed by atoms with Crippen LogP contribution in [-0.4, -0.2) is 23.3 Å². The Morgan fingerprint density at radius 3 is 3.00 bits per heavy atom. The number of amides is 2. The summed E-state index contributed by atoms with van der Waals surface area (Å²) >= 11 is 0. The van der Waals surface area contributed by atoms with Crippen LogP contribution in [0.25, 0.3) is 0 Å². The Bertz CT molecular complexity index is 520. The van der Waals surface area contributed by atoms with Crippen molar-refractivity contribution >= 4 is 17.5 Å². The van der Waals surface area contributed by atoms with E-state index in [9.17, 15) is 9.59 Å². The number of hydrogen-bond acceptors (Lipinski definition) is 4. The molecule has 1 atom stereocenters. The van der Waals surface area contributed by atoms with Crippen LogP contribution in [-0.2, 0) is 9.59 Å². The van der Waals surface area contributed by atoms with Crippen molar-refractivity contribution in [3.63, 3.8) is 0 Å². The van der Waals surface area contributed by atoms with E-state index < -0.39 is 11.8 Å². The maximum Gasteiger partial charge on any atom is 0.227 e. The average molecular weight is 230 g/mol. The minimum Gasteiger partial charge on any atom is -0.369 e. The molecule has 1 aromatic rings. The molecule has 0 aromatic carbocycles. The van der Waals surface area contributed by atoms with Gasteiger partial charge in [-0.2, -0.15) is 5.26 Å². The Kier molecular flexibility index (Phi) is 2.75. The monoisotopic (exact) mass is 230 g/mol. The summed E-state index contributed by atoms with van der Waals surface area (Å²) in [6.07, 6.45) is 1.57. The molecule has 6 heteroatoms. The minimum absolute atomic E-state index is 0.0924. The zero-order valence-electron chi connectivity index (χ0n) is 8.96. The molecular formula is C11H10N4O2. The lowest BCUT2D eigenvalue weighted by atomic mass is 10.1. The van der Waals surface area contributed by atoms with Gasteiger partial charge in [-0.15, -0.1) is 0 Å². The molecule has 2 N–H and O–H groups in total. The number of aromatic nitrogens is 1. The van der Waals surface area contributed by atoms with Gasteiger partial charge in [0.15, 0.2) is 5.69 Å².